The van der Waals surface area contributed by atoms with Gasteiger partial charge in [0.1, 0.15) is 12.4 Å². The molecule has 1 N–H and O–H groups in total. The molecule has 0 aliphatic heterocycles. The number of esters is 1. The number of carbonyl (C=O) groups is 1. The number of benzene rings is 1. The Balaban J connectivity index is 1.89. The zero-order chi connectivity index (χ0) is 36.3. The van der Waals surface area contributed by atoms with E-state index in [2.05, 4.69) is 13.5 Å². The molecule has 0 amide bonds. The average molecular weight is 715 g/mol. The Morgan fingerprint density at radius 2 is 1.06 bits per heavy atom. The van der Waals surface area contributed by atoms with Gasteiger partial charge in [-0.05, 0) is 38.0 Å². The molecule has 0 heterocycles. The second kappa shape index (κ2) is 34.0. The predicted octanol–water partition coefficient (Wildman–Crippen LogP) is 5.49. The third-order valence-electron chi connectivity index (χ3n) is 7.27. The molecule has 50 heavy (non-hydrogen) atoms. The van der Waals surface area contributed by atoms with Crippen LogP contribution in [0.3, 0.4) is 0 Å². The smallest absolute Gasteiger partial charge is 0.330 e. The van der Waals surface area contributed by atoms with Gasteiger partial charge in [-0.2, -0.15) is 0 Å². The van der Waals surface area contributed by atoms with Gasteiger partial charge in [-0.3, -0.25) is 0 Å². The Morgan fingerprint density at radius 1 is 0.640 bits per heavy atom. The van der Waals surface area contributed by atoms with Gasteiger partial charge < -0.3 is 52.5 Å². The van der Waals surface area contributed by atoms with Gasteiger partial charge in [-0.25, -0.2) is 4.79 Å². The number of hydrogen-bond donors (Lipinski definition) is 1. The SMILES string of the molecule is C=CC(=O)OC(c1ccc(OCCOCCOCCOCCOCCOCCOCCOCCCCCCCCC)cc1)C(C)OCC(C)O. The highest BCUT2D eigenvalue weighted by Crippen LogP contribution is 2.26. The van der Waals surface area contributed by atoms with Crippen molar-refractivity contribution in [2.45, 2.75) is 84.0 Å². The second-order valence-electron chi connectivity index (χ2n) is 11.8. The molecule has 3 unspecified atom stereocenters. The minimum absolute atomic E-state index is 0.129. The number of carbonyl (C=O) groups excluding carboxylic acids is 1. The molecule has 12 nitrogen and oxygen atoms in total. The molecule has 1 aromatic rings. The number of rotatable bonds is 37. The summed E-state index contributed by atoms with van der Waals surface area (Å²) in [5.41, 5.74) is 0.739. The van der Waals surface area contributed by atoms with Crippen LogP contribution in [-0.4, -0.2) is 129 Å². The maximum absolute atomic E-state index is 11.8. The third-order valence-corrected chi connectivity index (χ3v) is 7.27. The summed E-state index contributed by atoms with van der Waals surface area (Å²) < 4.78 is 55.6. The van der Waals surface area contributed by atoms with Crippen LogP contribution >= 0.6 is 0 Å². The number of hydrogen-bond acceptors (Lipinski definition) is 12. The van der Waals surface area contributed by atoms with E-state index in [0.29, 0.717) is 98.2 Å². The van der Waals surface area contributed by atoms with Gasteiger partial charge in [0, 0.05) is 12.7 Å². The molecule has 0 bridgehead atoms. The summed E-state index contributed by atoms with van der Waals surface area (Å²) in [5, 5.41) is 9.51. The van der Waals surface area contributed by atoms with Crippen LogP contribution in [0.25, 0.3) is 0 Å². The molecule has 0 aliphatic rings. The third kappa shape index (κ3) is 27.6. The molecule has 0 radical (unpaired) electrons. The Labute approximate surface area is 301 Å². The van der Waals surface area contributed by atoms with Gasteiger partial charge in [-0.15, -0.1) is 0 Å². The lowest BCUT2D eigenvalue weighted by atomic mass is 10.0. The molecule has 0 aliphatic carbocycles. The fraction of sp³-hybridized carbons (Fsp3) is 0.763. The first kappa shape index (κ1) is 45.9. The Morgan fingerprint density at radius 3 is 1.50 bits per heavy atom. The molecule has 0 saturated heterocycles. The molecule has 0 aromatic heterocycles. The molecule has 1 rings (SSSR count). The highest BCUT2D eigenvalue weighted by Gasteiger charge is 2.24. The standard InChI is InChI=1S/C38H66O12/c1-5-7-8-9-10-11-12-17-41-18-19-42-20-21-43-22-23-44-24-25-45-26-27-46-28-29-47-30-31-48-36-15-13-35(14-16-36)38(50-37(40)6-2)34(4)49-32-33(3)39/h6,13-16,33-34,38-39H,2,5,7-12,17-32H2,1,3-4H3. The van der Waals surface area contributed by atoms with E-state index in [1.54, 1.807) is 26.0 Å². The fourth-order valence-electron chi connectivity index (χ4n) is 4.54. The van der Waals surface area contributed by atoms with Crippen molar-refractivity contribution in [2.75, 3.05) is 106 Å². The van der Waals surface area contributed by atoms with Crippen molar-refractivity contribution in [2.24, 2.45) is 0 Å². The van der Waals surface area contributed by atoms with Crippen molar-refractivity contribution >= 4 is 5.97 Å². The van der Waals surface area contributed by atoms with E-state index in [4.69, 9.17) is 47.4 Å². The first-order valence-electron chi connectivity index (χ1n) is 18.4. The zero-order valence-electron chi connectivity index (χ0n) is 31.0. The summed E-state index contributed by atoms with van der Waals surface area (Å²) in [6.45, 7) is 17.1. The van der Waals surface area contributed by atoms with E-state index in [9.17, 15) is 9.90 Å². The van der Waals surface area contributed by atoms with Crippen LogP contribution in [0.15, 0.2) is 36.9 Å². The van der Waals surface area contributed by atoms with Crippen LogP contribution in [0.1, 0.15) is 77.4 Å². The number of ether oxygens (including phenoxy) is 10. The van der Waals surface area contributed by atoms with Gasteiger partial charge in [0.15, 0.2) is 6.10 Å². The van der Waals surface area contributed by atoms with Gasteiger partial charge in [0.2, 0.25) is 0 Å². The van der Waals surface area contributed by atoms with Crippen molar-refractivity contribution < 1.29 is 57.3 Å². The molecule has 0 fully saturated rings. The molecule has 0 spiro atoms. The Kier molecular flexibility index (Phi) is 31.2. The minimum atomic E-state index is -0.655. The van der Waals surface area contributed by atoms with Gasteiger partial charge >= 0.3 is 5.97 Å². The lowest BCUT2D eigenvalue weighted by Crippen LogP contribution is -2.26. The van der Waals surface area contributed by atoms with Crippen molar-refractivity contribution in [1.82, 2.24) is 0 Å². The number of aliphatic hydroxyl groups is 1. The zero-order valence-corrected chi connectivity index (χ0v) is 31.0. The van der Waals surface area contributed by atoms with E-state index in [1.165, 1.54) is 38.5 Å². The summed E-state index contributed by atoms with van der Waals surface area (Å²) in [5.74, 6) is 0.103. The lowest BCUT2D eigenvalue weighted by Gasteiger charge is -2.25. The Hall–Kier alpha value is -2.13. The van der Waals surface area contributed by atoms with Gasteiger partial charge in [0.25, 0.3) is 0 Å². The highest BCUT2D eigenvalue weighted by atomic mass is 16.6. The van der Waals surface area contributed by atoms with Crippen molar-refractivity contribution in [3.8, 4) is 5.75 Å². The maximum atomic E-state index is 11.8. The van der Waals surface area contributed by atoms with E-state index < -0.39 is 24.3 Å². The molecule has 1 aromatic carbocycles. The van der Waals surface area contributed by atoms with Gasteiger partial charge in [-0.1, -0.05) is 64.2 Å². The lowest BCUT2D eigenvalue weighted by molar-refractivity contribution is -0.152. The molecule has 3 atom stereocenters. The summed E-state index contributed by atoms with van der Waals surface area (Å²) in [6.07, 6.45) is 8.40. The van der Waals surface area contributed by atoms with Crippen LogP contribution in [0.4, 0.5) is 0 Å². The van der Waals surface area contributed by atoms with Crippen LogP contribution in [0.2, 0.25) is 0 Å². The van der Waals surface area contributed by atoms with Crippen LogP contribution in [0.5, 0.6) is 5.75 Å². The second-order valence-corrected chi connectivity index (χ2v) is 11.8. The van der Waals surface area contributed by atoms with Crippen LogP contribution in [0, 0.1) is 0 Å². The topological polar surface area (TPSA) is 130 Å². The molecule has 12 heteroatoms. The minimum Gasteiger partial charge on any atom is -0.491 e. The first-order valence-corrected chi connectivity index (χ1v) is 18.4. The van der Waals surface area contributed by atoms with E-state index in [-0.39, 0.29) is 6.61 Å². The fourth-order valence-corrected chi connectivity index (χ4v) is 4.54. The largest absolute Gasteiger partial charge is 0.491 e. The molecular weight excluding hydrogens is 648 g/mol. The van der Waals surface area contributed by atoms with Crippen molar-refractivity contribution in [3.05, 3.63) is 42.5 Å². The predicted molar refractivity (Wildman–Crippen MR) is 192 cm³/mol. The number of unbranched alkanes of at least 4 members (excludes halogenated alkanes) is 6. The van der Waals surface area contributed by atoms with E-state index >= 15 is 0 Å². The van der Waals surface area contributed by atoms with Crippen molar-refractivity contribution in [1.29, 1.82) is 0 Å². The summed E-state index contributed by atoms with van der Waals surface area (Å²) in [7, 11) is 0. The van der Waals surface area contributed by atoms with Gasteiger partial charge in [0.05, 0.1) is 105 Å². The highest BCUT2D eigenvalue weighted by molar-refractivity contribution is 5.81. The molecule has 290 valence electrons. The first-order chi connectivity index (χ1) is 24.5. The number of aliphatic hydroxyl groups excluding tert-OH is 1. The molecule has 0 saturated carbocycles. The summed E-state index contributed by atoms with van der Waals surface area (Å²) in [4.78, 5) is 11.8. The summed E-state index contributed by atoms with van der Waals surface area (Å²) >= 11 is 0. The average Bonchev–Trinajstić information content (AvgIpc) is 3.12. The molecular formula is C38H66O12. The monoisotopic (exact) mass is 714 g/mol. The van der Waals surface area contributed by atoms with E-state index in [1.807, 2.05) is 12.1 Å². The van der Waals surface area contributed by atoms with Crippen LogP contribution < -0.4 is 4.74 Å². The quantitative estimate of drug-likeness (QED) is 0.0532. The Bertz CT molecular complexity index is 898. The van der Waals surface area contributed by atoms with Crippen LogP contribution in [-0.2, 0) is 47.4 Å². The van der Waals surface area contributed by atoms with Crippen molar-refractivity contribution in [3.63, 3.8) is 0 Å². The normalized spacial score (nSPS) is 13.2. The summed E-state index contributed by atoms with van der Waals surface area (Å²) in [6, 6.07) is 7.21. The van der Waals surface area contributed by atoms with E-state index in [0.717, 1.165) is 24.7 Å². The maximum Gasteiger partial charge on any atom is 0.330 e.